The summed E-state index contributed by atoms with van der Waals surface area (Å²) in [6, 6.07) is 2.07. The second-order valence-corrected chi connectivity index (χ2v) is 6.98. The number of morpholine rings is 1. The maximum absolute atomic E-state index is 13.7. The third-order valence-electron chi connectivity index (χ3n) is 3.81. The van der Waals surface area contributed by atoms with E-state index in [1.807, 2.05) is 13.8 Å². The van der Waals surface area contributed by atoms with E-state index >= 15 is 0 Å². The van der Waals surface area contributed by atoms with Gasteiger partial charge in [-0.2, -0.15) is 0 Å². The molecule has 0 spiro atoms. The molecule has 2 rings (SSSR count). The Hall–Kier alpha value is -0.880. The summed E-state index contributed by atoms with van der Waals surface area (Å²) in [5.74, 6) is -0.335. The van der Waals surface area contributed by atoms with Crippen LogP contribution < -0.4 is 5.73 Å². The number of carbonyl (C=O) groups is 1. The van der Waals surface area contributed by atoms with E-state index in [1.165, 1.54) is 12.1 Å². The fourth-order valence-electron chi connectivity index (χ4n) is 2.67. The van der Waals surface area contributed by atoms with Crippen LogP contribution in [-0.2, 0) is 9.53 Å². The number of hydrogen-bond acceptors (Lipinski definition) is 3. The van der Waals surface area contributed by atoms with E-state index in [2.05, 4.69) is 0 Å². The standard InChI is InChI=1S/C16H21Cl2FN2O2/c1-9(2)5-14(20)16(22)21-3-4-23-15(8-21)10-6-13(19)12(18)7-11(10)17/h6-7,9,14-15H,3-5,8,20H2,1-2H3/t14-,15?/m0/s1. The number of carbonyl (C=O) groups excluding carboxylic acids is 1. The summed E-state index contributed by atoms with van der Waals surface area (Å²) in [6.45, 7) is 5.16. The van der Waals surface area contributed by atoms with Crippen LogP contribution in [0.3, 0.4) is 0 Å². The third kappa shape index (κ3) is 4.57. The summed E-state index contributed by atoms with van der Waals surface area (Å²) >= 11 is 11.8. The van der Waals surface area contributed by atoms with E-state index in [0.29, 0.717) is 42.6 Å². The lowest BCUT2D eigenvalue weighted by Gasteiger charge is -2.35. The third-order valence-corrected chi connectivity index (χ3v) is 4.42. The Balaban J connectivity index is 2.12. The average molecular weight is 363 g/mol. The van der Waals surface area contributed by atoms with Crippen LogP contribution in [-0.4, -0.2) is 36.5 Å². The molecular weight excluding hydrogens is 342 g/mol. The van der Waals surface area contributed by atoms with Gasteiger partial charge in [0, 0.05) is 17.1 Å². The molecule has 0 radical (unpaired) electrons. The van der Waals surface area contributed by atoms with Crippen molar-refractivity contribution in [2.45, 2.75) is 32.4 Å². The van der Waals surface area contributed by atoms with E-state index in [1.54, 1.807) is 4.90 Å². The number of nitrogens with zero attached hydrogens (tertiary/aromatic N) is 1. The zero-order chi connectivity index (χ0) is 17.1. The molecule has 1 heterocycles. The Bertz CT molecular complexity index is 583. The molecule has 1 saturated heterocycles. The number of ether oxygens (including phenoxy) is 1. The van der Waals surface area contributed by atoms with Gasteiger partial charge in [0.25, 0.3) is 0 Å². The molecule has 0 aliphatic carbocycles. The molecular formula is C16H21Cl2FN2O2. The predicted octanol–water partition coefficient (Wildman–Crippen LogP) is 3.41. The zero-order valence-corrected chi connectivity index (χ0v) is 14.7. The molecule has 1 amide bonds. The Kier molecular flexibility index (Phi) is 6.26. The minimum atomic E-state index is -0.561. The van der Waals surface area contributed by atoms with Crippen LogP contribution in [0.15, 0.2) is 12.1 Å². The largest absolute Gasteiger partial charge is 0.370 e. The second-order valence-electron chi connectivity index (χ2n) is 6.17. The van der Waals surface area contributed by atoms with Gasteiger partial charge < -0.3 is 15.4 Å². The fraction of sp³-hybridized carbons (Fsp3) is 0.562. The average Bonchev–Trinajstić information content (AvgIpc) is 2.49. The highest BCUT2D eigenvalue weighted by Crippen LogP contribution is 2.32. The Morgan fingerprint density at radius 3 is 2.78 bits per heavy atom. The minimum Gasteiger partial charge on any atom is -0.370 e. The number of hydrogen-bond donors (Lipinski definition) is 1. The predicted molar refractivity (Wildman–Crippen MR) is 89.1 cm³/mol. The molecule has 1 aliphatic rings. The van der Waals surface area contributed by atoms with Gasteiger partial charge in [0.1, 0.15) is 11.9 Å². The molecule has 1 aromatic rings. The zero-order valence-electron chi connectivity index (χ0n) is 13.2. The molecule has 7 heteroatoms. The molecule has 2 atom stereocenters. The highest BCUT2D eigenvalue weighted by molar-refractivity contribution is 6.35. The topological polar surface area (TPSA) is 55.6 Å². The summed E-state index contributed by atoms with van der Waals surface area (Å²) < 4.78 is 19.3. The summed E-state index contributed by atoms with van der Waals surface area (Å²) in [7, 11) is 0. The van der Waals surface area contributed by atoms with Crippen molar-refractivity contribution in [3.63, 3.8) is 0 Å². The maximum atomic E-state index is 13.7. The summed E-state index contributed by atoms with van der Waals surface area (Å²) in [5.41, 5.74) is 6.46. The monoisotopic (exact) mass is 362 g/mol. The van der Waals surface area contributed by atoms with E-state index in [-0.39, 0.29) is 10.9 Å². The molecule has 23 heavy (non-hydrogen) atoms. The molecule has 1 aromatic carbocycles. The van der Waals surface area contributed by atoms with Crippen LogP contribution in [0.1, 0.15) is 31.9 Å². The van der Waals surface area contributed by atoms with E-state index in [4.69, 9.17) is 33.7 Å². The second kappa shape index (κ2) is 7.79. The van der Waals surface area contributed by atoms with Gasteiger partial charge in [-0.05, 0) is 24.5 Å². The number of nitrogens with two attached hydrogens (primary N) is 1. The Morgan fingerprint density at radius 1 is 1.43 bits per heavy atom. The van der Waals surface area contributed by atoms with Crippen molar-refractivity contribution in [3.05, 3.63) is 33.6 Å². The smallest absolute Gasteiger partial charge is 0.239 e. The number of amides is 1. The van der Waals surface area contributed by atoms with Gasteiger partial charge in [0.15, 0.2) is 0 Å². The molecule has 128 valence electrons. The SMILES string of the molecule is CC(C)C[C@H](N)C(=O)N1CCOC(c2cc(F)c(Cl)cc2Cl)C1. The highest BCUT2D eigenvalue weighted by atomic mass is 35.5. The summed E-state index contributed by atoms with van der Waals surface area (Å²) in [6.07, 6.45) is 0.134. The first-order valence-corrected chi connectivity index (χ1v) is 8.35. The number of benzene rings is 1. The number of halogens is 3. The van der Waals surface area contributed by atoms with Gasteiger partial charge in [-0.15, -0.1) is 0 Å². The lowest BCUT2D eigenvalue weighted by atomic mass is 10.0. The first-order valence-electron chi connectivity index (χ1n) is 7.60. The van der Waals surface area contributed by atoms with Crippen LogP contribution in [0.5, 0.6) is 0 Å². The van der Waals surface area contributed by atoms with Gasteiger partial charge in [0.05, 0.1) is 24.2 Å². The van der Waals surface area contributed by atoms with Gasteiger partial charge in [0.2, 0.25) is 5.91 Å². The van der Waals surface area contributed by atoms with Gasteiger partial charge in [-0.25, -0.2) is 4.39 Å². The van der Waals surface area contributed by atoms with Crippen LogP contribution in [0, 0.1) is 11.7 Å². The molecule has 2 N–H and O–H groups in total. The Labute approximate surface area is 145 Å². The molecule has 0 aromatic heterocycles. The van der Waals surface area contributed by atoms with Crippen LogP contribution in [0.4, 0.5) is 4.39 Å². The fourth-order valence-corrected chi connectivity index (χ4v) is 3.17. The molecule has 1 aliphatic heterocycles. The van der Waals surface area contributed by atoms with Crippen molar-refractivity contribution in [2.75, 3.05) is 19.7 Å². The lowest BCUT2D eigenvalue weighted by Crippen LogP contribution is -2.49. The first kappa shape index (κ1) is 18.5. The minimum absolute atomic E-state index is 0.0403. The molecule has 1 unspecified atom stereocenters. The molecule has 1 fully saturated rings. The van der Waals surface area contributed by atoms with Crippen molar-refractivity contribution in [3.8, 4) is 0 Å². The van der Waals surface area contributed by atoms with Crippen LogP contribution in [0.25, 0.3) is 0 Å². The van der Waals surface area contributed by atoms with Crippen molar-refractivity contribution < 1.29 is 13.9 Å². The summed E-state index contributed by atoms with van der Waals surface area (Å²) in [5, 5.41) is 0.281. The molecule has 0 saturated carbocycles. The maximum Gasteiger partial charge on any atom is 0.239 e. The van der Waals surface area contributed by atoms with E-state index in [0.717, 1.165) is 0 Å². The van der Waals surface area contributed by atoms with E-state index < -0.39 is 18.0 Å². The highest BCUT2D eigenvalue weighted by Gasteiger charge is 2.30. The van der Waals surface area contributed by atoms with Crippen LogP contribution >= 0.6 is 23.2 Å². The van der Waals surface area contributed by atoms with Gasteiger partial charge in [-0.3, -0.25) is 4.79 Å². The van der Waals surface area contributed by atoms with Gasteiger partial charge >= 0.3 is 0 Å². The molecule has 0 bridgehead atoms. The van der Waals surface area contributed by atoms with Crippen molar-refractivity contribution in [1.82, 2.24) is 4.90 Å². The van der Waals surface area contributed by atoms with Crippen molar-refractivity contribution in [2.24, 2.45) is 11.7 Å². The normalized spacial score (nSPS) is 20.0. The van der Waals surface area contributed by atoms with E-state index in [9.17, 15) is 9.18 Å². The van der Waals surface area contributed by atoms with Crippen LogP contribution in [0.2, 0.25) is 10.0 Å². The Morgan fingerprint density at radius 2 is 2.13 bits per heavy atom. The van der Waals surface area contributed by atoms with Gasteiger partial charge in [-0.1, -0.05) is 37.0 Å². The molecule has 4 nitrogen and oxygen atoms in total. The van der Waals surface area contributed by atoms with Crippen molar-refractivity contribution in [1.29, 1.82) is 0 Å². The quantitative estimate of drug-likeness (QED) is 0.835. The first-order chi connectivity index (χ1) is 10.8. The lowest BCUT2D eigenvalue weighted by molar-refractivity contribution is -0.140. The summed E-state index contributed by atoms with van der Waals surface area (Å²) in [4.78, 5) is 14.1. The number of rotatable bonds is 4. The van der Waals surface area contributed by atoms with Crippen molar-refractivity contribution >= 4 is 29.1 Å².